The van der Waals surface area contributed by atoms with Crippen LogP contribution in [0, 0.1) is 13.8 Å². The van der Waals surface area contributed by atoms with Gasteiger partial charge in [0.2, 0.25) is 0 Å². The summed E-state index contributed by atoms with van der Waals surface area (Å²) < 4.78 is 0. The summed E-state index contributed by atoms with van der Waals surface area (Å²) >= 11 is 0. The van der Waals surface area contributed by atoms with Gasteiger partial charge in [-0.25, -0.2) is 15.4 Å². The van der Waals surface area contributed by atoms with Crippen LogP contribution in [0.15, 0.2) is 36.7 Å². The van der Waals surface area contributed by atoms with E-state index in [2.05, 4.69) is 47.4 Å². The molecule has 0 aliphatic carbocycles. The highest BCUT2D eigenvalue weighted by atomic mass is 15.2. The van der Waals surface area contributed by atoms with Gasteiger partial charge in [-0.2, -0.15) is 0 Å². The minimum absolute atomic E-state index is 0.170. The van der Waals surface area contributed by atoms with Crippen molar-refractivity contribution in [2.75, 3.05) is 0 Å². The van der Waals surface area contributed by atoms with Crippen LogP contribution >= 0.6 is 0 Å². The maximum atomic E-state index is 5.63. The average molecular weight is 228 g/mol. The van der Waals surface area contributed by atoms with Gasteiger partial charge in [0.05, 0.1) is 0 Å². The molecule has 0 fully saturated rings. The molecule has 0 saturated carbocycles. The molecule has 4 nitrogen and oxygen atoms in total. The standard InChI is InChI=1S/C13H16N4/c1-9-4-5-10(2)11(8-9)12(17-14)13-15-6-3-7-16-13/h3-8,12,17H,14H2,1-2H3. The molecule has 0 amide bonds. The molecule has 0 bridgehead atoms. The van der Waals surface area contributed by atoms with Gasteiger partial charge in [0, 0.05) is 12.4 Å². The lowest BCUT2D eigenvalue weighted by Gasteiger charge is -2.17. The van der Waals surface area contributed by atoms with Crippen LogP contribution in [0.1, 0.15) is 28.6 Å². The average Bonchev–Trinajstić information content (AvgIpc) is 2.36. The van der Waals surface area contributed by atoms with E-state index in [0.29, 0.717) is 5.82 Å². The number of hydrogen-bond acceptors (Lipinski definition) is 4. The Morgan fingerprint density at radius 1 is 1.18 bits per heavy atom. The first kappa shape index (κ1) is 11.7. The fourth-order valence-electron chi connectivity index (χ4n) is 1.83. The number of nitrogens with zero attached hydrogens (tertiary/aromatic N) is 2. The Balaban J connectivity index is 2.46. The lowest BCUT2D eigenvalue weighted by Crippen LogP contribution is -2.30. The second kappa shape index (κ2) is 5.03. The van der Waals surface area contributed by atoms with Crippen LogP contribution < -0.4 is 11.3 Å². The number of nitrogens with two attached hydrogens (primary N) is 1. The summed E-state index contributed by atoms with van der Waals surface area (Å²) in [5.41, 5.74) is 6.26. The smallest absolute Gasteiger partial charge is 0.150 e. The Kier molecular flexibility index (Phi) is 3.46. The van der Waals surface area contributed by atoms with Crippen molar-refractivity contribution in [1.82, 2.24) is 15.4 Å². The highest BCUT2D eigenvalue weighted by Gasteiger charge is 2.16. The zero-order chi connectivity index (χ0) is 12.3. The maximum Gasteiger partial charge on any atom is 0.150 e. The molecule has 2 rings (SSSR count). The van der Waals surface area contributed by atoms with Crippen LogP contribution in [-0.2, 0) is 0 Å². The SMILES string of the molecule is Cc1ccc(C)c(C(NN)c2ncccn2)c1. The molecule has 1 aromatic heterocycles. The van der Waals surface area contributed by atoms with Crippen molar-refractivity contribution >= 4 is 0 Å². The summed E-state index contributed by atoms with van der Waals surface area (Å²) in [7, 11) is 0. The Bertz CT molecular complexity index is 496. The van der Waals surface area contributed by atoms with Gasteiger partial charge in [-0.3, -0.25) is 5.84 Å². The summed E-state index contributed by atoms with van der Waals surface area (Å²) in [4.78, 5) is 8.49. The van der Waals surface area contributed by atoms with E-state index in [1.165, 1.54) is 11.1 Å². The van der Waals surface area contributed by atoms with Crippen molar-refractivity contribution in [2.45, 2.75) is 19.9 Å². The number of aryl methyl sites for hydroxylation is 2. The van der Waals surface area contributed by atoms with Gasteiger partial charge in [-0.1, -0.05) is 23.8 Å². The molecule has 1 heterocycles. The van der Waals surface area contributed by atoms with E-state index >= 15 is 0 Å². The Hall–Kier alpha value is -1.78. The summed E-state index contributed by atoms with van der Waals surface area (Å²) in [6.45, 7) is 4.12. The first-order chi connectivity index (χ1) is 8.22. The summed E-state index contributed by atoms with van der Waals surface area (Å²) in [6, 6.07) is 7.89. The minimum atomic E-state index is -0.170. The van der Waals surface area contributed by atoms with Crippen molar-refractivity contribution in [3.05, 3.63) is 59.2 Å². The van der Waals surface area contributed by atoms with E-state index in [9.17, 15) is 0 Å². The van der Waals surface area contributed by atoms with E-state index in [-0.39, 0.29) is 6.04 Å². The van der Waals surface area contributed by atoms with E-state index in [0.717, 1.165) is 5.56 Å². The van der Waals surface area contributed by atoms with Gasteiger partial charge in [0.15, 0.2) is 5.82 Å². The monoisotopic (exact) mass is 228 g/mol. The highest BCUT2D eigenvalue weighted by Crippen LogP contribution is 2.22. The number of aromatic nitrogens is 2. The fourth-order valence-corrected chi connectivity index (χ4v) is 1.83. The second-order valence-electron chi connectivity index (χ2n) is 4.07. The number of hydrogen-bond donors (Lipinski definition) is 2. The molecule has 0 spiro atoms. The van der Waals surface area contributed by atoms with E-state index in [1.807, 2.05) is 0 Å². The molecular weight excluding hydrogens is 212 g/mol. The molecule has 1 atom stereocenters. The summed E-state index contributed by atoms with van der Waals surface area (Å²) in [5, 5.41) is 0. The molecule has 1 unspecified atom stereocenters. The molecule has 1 aromatic carbocycles. The first-order valence-electron chi connectivity index (χ1n) is 5.52. The van der Waals surface area contributed by atoms with Gasteiger partial charge in [-0.05, 0) is 31.0 Å². The predicted octanol–water partition coefficient (Wildman–Crippen LogP) is 1.65. The molecule has 3 N–H and O–H groups in total. The van der Waals surface area contributed by atoms with Gasteiger partial charge >= 0.3 is 0 Å². The van der Waals surface area contributed by atoms with Crippen LogP contribution in [0.4, 0.5) is 0 Å². The van der Waals surface area contributed by atoms with Crippen molar-refractivity contribution in [3.8, 4) is 0 Å². The third-order valence-electron chi connectivity index (χ3n) is 2.76. The topological polar surface area (TPSA) is 63.8 Å². The molecule has 88 valence electrons. The molecule has 0 aliphatic rings. The van der Waals surface area contributed by atoms with Gasteiger partial charge < -0.3 is 0 Å². The Morgan fingerprint density at radius 2 is 1.88 bits per heavy atom. The third-order valence-corrected chi connectivity index (χ3v) is 2.76. The molecule has 17 heavy (non-hydrogen) atoms. The zero-order valence-corrected chi connectivity index (χ0v) is 10.0. The molecule has 0 saturated heterocycles. The lowest BCUT2D eigenvalue weighted by molar-refractivity contribution is 0.598. The quantitative estimate of drug-likeness (QED) is 0.619. The van der Waals surface area contributed by atoms with Crippen LogP contribution in [-0.4, -0.2) is 9.97 Å². The van der Waals surface area contributed by atoms with Crippen LogP contribution in [0.5, 0.6) is 0 Å². The molecule has 0 radical (unpaired) electrons. The highest BCUT2D eigenvalue weighted by molar-refractivity contribution is 5.35. The number of nitrogens with one attached hydrogen (secondary N) is 1. The van der Waals surface area contributed by atoms with Crippen molar-refractivity contribution in [3.63, 3.8) is 0 Å². The number of rotatable bonds is 3. The normalized spacial score (nSPS) is 12.4. The largest absolute Gasteiger partial charge is 0.270 e. The summed E-state index contributed by atoms with van der Waals surface area (Å²) in [6.07, 6.45) is 3.44. The van der Waals surface area contributed by atoms with Gasteiger partial charge in [0.1, 0.15) is 6.04 Å². The van der Waals surface area contributed by atoms with Crippen LogP contribution in [0.2, 0.25) is 0 Å². The number of benzene rings is 1. The van der Waals surface area contributed by atoms with Crippen molar-refractivity contribution in [2.24, 2.45) is 5.84 Å². The first-order valence-corrected chi connectivity index (χ1v) is 5.52. The van der Waals surface area contributed by atoms with Crippen molar-refractivity contribution < 1.29 is 0 Å². The Labute approximate surface area is 101 Å². The van der Waals surface area contributed by atoms with Crippen LogP contribution in [0.3, 0.4) is 0 Å². The zero-order valence-electron chi connectivity index (χ0n) is 10.0. The van der Waals surface area contributed by atoms with Gasteiger partial charge in [-0.15, -0.1) is 0 Å². The lowest BCUT2D eigenvalue weighted by atomic mass is 9.99. The van der Waals surface area contributed by atoms with E-state index in [4.69, 9.17) is 5.84 Å². The molecular formula is C13H16N4. The predicted molar refractivity (Wildman–Crippen MR) is 67.1 cm³/mol. The molecule has 4 heteroatoms. The summed E-state index contributed by atoms with van der Waals surface area (Å²) in [5.74, 6) is 6.31. The van der Waals surface area contributed by atoms with Crippen molar-refractivity contribution in [1.29, 1.82) is 0 Å². The minimum Gasteiger partial charge on any atom is -0.270 e. The number of hydrazine groups is 1. The Morgan fingerprint density at radius 3 is 2.53 bits per heavy atom. The van der Waals surface area contributed by atoms with E-state index in [1.54, 1.807) is 18.5 Å². The fraction of sp³-hybridized carbons (Fsp3) is 0.231. The maximum absolute atomic E-state index is 5.63. The molecule has 0 aliphatic heterocycles. The van der Waals surface area contributed by atoms with E-state index < -0.39 is 0 Å². The van der Waals surface area contributed by atoms with Crippen LogP contribution in [0.25, 0.3) is 0 Å². The molecule has 2 aromatic rings. The van der Waals surface area contributed by atoms with Gasteiger partial charge in [0.25, 0.3) is 0 Å². The third kappa shape index (κ3) is 2.49. The second-order valence-corrected chi connectivity index (χ2v) is 4.07.